The number of esters is 1. The van der Waals surface area contributed by atoms with Crippen LogP contribution in [0.3, 0.4) is 0 Å². The van der Waals surface area contributed by atoms with E-state index in [1.54, 1.807) is 31.4 Å². The second kappa shape index (κ2) is 9.42. The fourth-order valence-electron chi connectivity index (χ4n) is 5.22. The number of carbonyl (C=O) groups is 1. The number of methoxy groups -OCH3 is 1. The van der Waals surface area contributed by atoms with E-state index in [1.807, 2.05) is 36.4 Å². The van der Waals surface area contributed by atoms with E-state index >= 15 is 0 Å². The van der Waals surface area contributed by atoms with Crippen LogP contribution in [0.15, 0.2) is 66.7 Å². The second-order valence-corrected chi connectivity index (χ2v) is 11.0. The van der Waals surface area contributed by atoms with Crippen LogP contribution in [0.1, 0.15) is 58.9 Å². The van der Waals surface area contributed by atoms with Crippen LogP contribution < -0.4 is 4.74 Å². The van der Waals surface area contributed by atoms with Gasteiger partial charge in [-0.1, -0.05) is 36.4 Å². The third-order valence-corrected chi connectivity index (χ3v) is 8.73. The molecule has 0 aliphatic heterocycles. The first-order valence-electron chi connectivity index (χ1n) is 12.7. The van der Waals surface area contributed by atoms with E-state index in [0.29, 0.717) is 29.9 Å². The summed E-state index contributed by atoms with van der Waals surface area (Å²) in [6.45, 7) is 1.87. The maximum Gasteiger partial charge on any atom is 0.320 e. The molecule has 6 heteroatoms. The molecule has 188 valence electrons. The summed E-state index contributed by atoms with van der Waals surface area (Å²) in [5.41, 5.74) is 4.15. The number of thiazole rings is 1. The monoisotopic (exact) mass is 513 g/mol. The third kappa shape index (κ3) is 4.44. The average molecular weight is 514 g/mol. The number of aromatic nitrogens is 1. The zero-order chi connectivity index (χ0) is 25.6. The summed E-state index contributed by atoms with van der Waals surface area (Å²) in [4.78, 5) is 18.6. The molecule has 4 nitrogen and oxygen atoms in total. The third-order valence-electron chi connectivity index (χ3n) is 7.55. The van der Waals surface area contributed by atoms with Crippen molar-refractivity contribution in [2.45, 2.75) is 50.5 Å². The molecular weight excluding hydrogens is 485 g/mol. The molecule has 0 N–H and O–H groups in total. The van der Waals surface area contributed by atoms with Crippen molar-refractivity contribution in [3.05, 3.63) is 99.8 Å². The Hall–Kier alpha value is -3.51. The Morgan fingerprint density at radius 3 is 2.70 bits per heavy atom. The molecule has 0 saturated heterocycles. The molecule has 4 aromatic rings. The van der Waals surface area contributed by atoms with Gasteiger partial charge < -0.3 is 9.47 Å². The lowest BCUT2D eigenvalue weighted by molar-refractivity contribution is -0.150. The summed E-state index contributed by atoms with van der Waals surface area (Å²) < 4.78 is 26.9. The van der Waals surface area contributed by atoms with Gasteiger partial charge in [0, 0.05) is 5.92 Å². The SMILES string of the molecule is COc1ccc(COC(=O)C2(c3cccc(F)c3C)C=C(c3ccc4nc(C5CC5)sc4c3)CC2)cc1. The Labute approximate surface area is 219 Å². The number of ether oxygens (including phenoxy) is 2. The molecule has 1 aromatic heterocycles. The van der Waals surface area contributed by atoms with Gasteiger partial charge in [0.1, 0.15) is 23.6 Å². The van der Waals surface area contributed by atoms with Gasteiger partial charge in [0.05, 0.1) is 22.3 Å². The van der Waals surface area contributed by atoms with E-state index < -0.39 is 5.41 Å². The molecule has 0 amide bonds. The van der Waals surface area contributed by atoms with Crippen LogP contribution >= 0.6 is 11.3 Å². The normalized spacial score (nSPS) is 19.2. The number of fused-ring (bicyclic) bond motifs is 1. The fraction of sp³-hybridized carbons (Fsp3) is 0.290. The van der Waals surface area contributed by atoms with Crippen molar-refractivity contribution in [2.75, 3.05) is 7.11 Å². The second-order valence-electron chi connectivity index (χ2n) is 9.99. The zero-order valence-corrected chi connectivity index (χ0v) is 21.7. The highest BCUT2D eigenvalue weighted by Gasteiger charge is 2.45. The van der Waals surface area contributed by atoms with E-state index in [2.05, 4.69) is 18.2 Å². The van der Waals surface area contributed by atoms with Crippen LogP contribution in [-0.4, -0.2) is 18.1 Å². The maximum atomic E-state index is 14.7. The highest BCUT2D eigenvalue weighted by atomic mass is 32.1. The quantitative estimate of drug-likeness (QED) is 0.240. The van der Waals surface area contributed by atoms with Crippen molar-refractivity contribution in [2.24, 2.45) is 0 Å². The van der Waals surface area contributed by atoms with Gasteiger partial charge in [0.2, 0.25) is 0 Å². The predicted molar refractivity (Wildman–Crippen MR) is 144 cm³/mol. The number of benzene rings is 3. The molecule has 1 fully saturated rings. The minimum Gasteiger partial charge on any atom is -0.497 e. The van der Waals surface area contributed by atoms with Crippen molar-refractivity contribution in [1.29, 1.82) is 0 Å². The average Bonchev–Trinajstić information content (AvgIpc) is 3.53. The largest absolute Gasteiger partial charge is 0.497 e. The van der Waals surface area contributed by atoms with E-state index in [4.69, 9.17) is 14.5 Å². The standard InChI is InChI=1S/C31H28FNO3S/c1-19-25(4-3-5-26(19)32)31(30(34)36-18-20-6-11-24(35-2)12-7-20)15-14-23(17-31)22-10-13-27-28(16-22)37-29(33-27)21-8-9-21/h3-7,10-13,16-17,21H,8-9,14-15,18H2,1-2H3. The Morgan fingerprint density at radius 1 is 1.14 bits per heavy atom. The minimum atomic E-state index is -1.05. The number of rotatable bonds is 7. The summed E-state index contributed by atoms with van der Waals surface area (Å²) in [6, 6.07) is 18.7. The lowest BCUT2D eigenvalue weighted by Gasteiger charge is -2.27. The van der Waals surface area contributed by atoms with E-state index in [9.17, 15) is 9.18 Å². The molecule has 37 heavy (non-hydrogen) atoms. The molecule has 2 aliphatic rings. The molecule has 1 atom stereocenters. The van der Waals surface area contributed by atoms with Crippen molar-refractivity contribution < 1.29 is 18.7 Å². The van der Waals surface area contributed by atoms with E-state index in [0.717, 1.165) is 28.0 Å². The number of nitrogens with zero attached hydrogens (tertiary/aromatic N) is 1. The number of hydrogen-bond donors (Lipinski definition) is 0. The van der Waals surface area contributed by atoms with E-state index in [-0.39, 0.29) is 18.4 Å². The first kappa shape index (κ1) is 23.9. The number of halogens is 1. The molecule has 2 aliphatic carbocycles. The molecular formula is C31H28FNO3S. The summed E-state index contributed by atoms with van der Waals surface area (Å²) >= 11 is 1.77. The van der Waals surface area contributed by atoms with Gasteiger partial charge in [0.15, 0.2) is 0 Å². The van der Waals surface area contributed by atoms with Gasteiger partial charge in [0.25, 0.3) is 0 Å². The smallest absolute Gasteiger partial charge is 0.320 e. The first-order chi connectivity index (χ1) is 18.0. The lowest BCUT2D eigenvalue weighted by Crippen LogP contribution is -2.34. The Kier molecular flexibility index (Phi) is 6.07. The topological polar surface area (TPSA) is 48.4 Å². The minimum absolute atomic E-state index is 0.138. The van der Waals surface area contributed by atoms with Crippen LogP contribution in [0.4, 0.5) is 4.39 Å². The number of allylic oxidation sites excluding steroid dienone is 1. The van der Waals surface area contributed by atoms with Crippen LogP contribution in [0.25, 0.3) is 15.8 Å². The van der Waals surface area contributed by atoms with Gasteiger partial charge >= 0.3 is 5.97 Å². The lowest BCUT2D eigenvalue weighted by atomic mass is 9.77. The van der Waals surface area contributed by atoms with Gasteiger partial charge in [-0.3, -0.25) is 4.79 Å². The molecule has 0 bridgehead atoms. The summed E-state index contributed by atoms with van der Waals surface area (Å²) in [6.07, 6.45) is 5.70. The van der Waals surface area contributed by atoms with Gasteiger partial charge in [-0.05, 0) is 90.8 Å². The molecule has 1 saturated carbocycles. The predicted octanol–water partition coefficient (Wildman–Crippen LogP) is 7.49. The zero-order valence-electron chi connectivity index (χ0n) is 20.9. The van der Waals surface area contributed by atoms with Gasteiger partial charge in [-0.25, -0.2) is 9.37 Å². The van der Waals surface area contributed by atoms with Gasteiger partial charge in [-0.15, -0.1) is 11.3 Å². The van der Waals surface area contributed by atoms with Crippen LogP contribution in [-0.2, 0) is 21.6 Å². The molecule has 6 rings (SSSR count). The number of carbonyl (C=O) groups excluding carboxylic acids is 1. The number of hydrogen-bond acceptors (Lipinski definition) is 5. The Balaban J connectivity index is 1.35. The first-order valence-corrected chi connectivity index (χ1v) is 13.5. The Bertz CT molecular complexity index is 1520. The highest BCUT2D eigenvalue weighted by molar-refractivity contribution is 7.18. The Morgan fingerprint density at radius 2 is 1.95 bits per heavy atom. The van der Waals surface area contributed by atoms with E-state index in [1.165, 1.54) is 28.6 Å². The van der Waals surface area contributed by atoms with Crippen LogP contribution in [0.5, 0.6) is 5.75 Å². The van der Waals surface area contributed by atoms with Crippen LogP contribution in [0, 0.1) is 12.7 Å². The van der Waals surface area contributed by atoms with Crippen molar-refractivity contribution in [1.82, 2.24) is 4.98 Å². The van der Waals surface area contributed by atoms with Gasteiger partial charge in [-0.2, -0.15) is 0 Å². The van der Waals surface area contributed by atoms with Crippen LogP contribution in [0.2, 0.25) is 0 Å². The maximum absolute atomic E-state index is 14.7. The summed E-state index contributed by atoms with van der Waals surface area (Å²) in [7, 11) is 1.61. The summed E-state index contributed by atoms with van der Waals surface area (Å²) in [5, 5.41) is 1.22. The van der Waals surface area contributed by atoms with Crippen molar-refractivity contribution in [3.8, 4) is 5.75 Å². The molecule has 1 heterocycles. The molecule has 0 radical (unpaired) electrons. The molecule has 1 unspecified atom stereocenters. The summed E-state index contributed by atoms with van der Waals surface area (Å²) in [5.74, 6) is 0.686. The van der Waals surface area contributed by atoms with Crippen molar-refractivity contribution in [3.63, 3.8) is 0 Å². The van der Waals surface area contributed by atoms with Crippen molar-refractivity contribution >= 4 is 33.1 Å². The highest BCUT2D eigenvalue weighted by Crippen LogP contribution is 2.47. The molecule has 0 spiro atoms. The fourth-order valence-corrected chi connectivity index (χ4v) is 6.40. The molecule has 3 aromatic carbocycles.